The largest absolute Gasteiger partial charge is 0.497 e. The predicted octanol–water partition coefficient (Wildman–Crippen LogP) is 3.21. The van der Waals surface area contributed by atoms with E-state index in [2.05, 4.69) is 6.07 Å². The van der Waals surface area contributed by atoms with Crippen molar-refractivity contribution in [2.45, 2.75) is 20.0 Å². The second-order valence-corrected chi connectivity index (χ2v) is 8.39. The molecule has 0 amide bonds. The molecule has 8 nitrogen and oxygen atoms in total. The zero-order valence-electron chi connectivity index (χ0n) is 17.9. The van der Waals surface area contributed by atoms with Crippen LogP contribution in [0.3, 0.4) is 0 Å². The minimum absolute atomic E-state index is 0.0287. The minimum atomic E-state index is -1.29. The van der Waals surface area contributed by atoms with Crippen molar-refractivity contribution in [2.24, 2.45) is 0 Å². The number of carboxylic acids is 1. The second kappa shape index (κ2) is 8.76. The number of aliphatic carboxylic acids is 1. The van der Waals surface area contributed by atoms with Crippen molar-refractivity contribution in [3.8, 4) is 22.3 Å². The van der Waals surface area contributed by atoms with Crippen LogP contribution in [-0.2, 0) is 17.9 Å². The fourth-order valence-corrected chi connectivity index (χ4v) is 5.06. The van der Waals surface area contributed by atoms with E-state index in [1.54, 1.807) is 50.4 Å². The Morgan fingerprint density at radius 1 is 1.12 bits per heavy atom. The lowest BCUT2D eigenvalue weighted by Crippen LogP contribution is -2.41. The SMILES string of the molecule is COc1ccc(-c2sc3c(c2C)c(=O)n(CC(=O)O)c(=O)n3Cc2ccccc2C#N)cc1. The molecule has 4 aromatic rings. The maximum Gasteiger partial charge on any atom is 0.332 e. The quantitative estimate of drug-likeness (QED) is 0.472. The van der Waals surface area contributed by atoms with Crippen LogP contribution in [0.1, 0.15) is 16.7 Å². The number of benzene rings is 2. The number of aryl methyl sites for hydroxylation is 1. The summed E-state index contributed by atoms with van der Waals surface area (Å²) in [6.07, 6.45) is 0. The first-order chi connectivity index (χ1) is 15.8. The number of methoxy groups -OCH3 is 1. The third kappa shape index (κ3) is 3.92. The van der Waals surface area contributed by atoms with Gasteiger partial charge in [0.25, 0.3) is 5.56 Å². The van der Waals surface area contributed by atoms with Gasteiger partial charge in [-0.1, -0.05) is 18.2 Å². The van der Waals surface area contributed by atoms with Crippen LogP contribution in [0, 0.1) is 18.3 Å². The van der Waals surface area contributed by atoms with Crippen LogP contribution in [0.15, 0.2) is 58.1 Å². The van der Waals surface area contributed by atoms with E-state index in [1.807, 2.05) is 12.1 Å². The van der Waals surface area contributed by atoms with E-state index in [1.165, 1.54) is 15.9 Å². The molecular weight excluding hydrogens is 442 g/mol. The third-order valence-electron chi connectivity index (χ3n) is 5.41. The van der Waals surface area contributed by atoms with Gasteiger partial charge in [0.1, 0.15) is 17.1 Å². The van der Waals surface area contributed by atoms with Gasteiger partial charge in [0.15, 0.2) is 0 Å². The summed E-state index contributed by atoms with van der Waals surface area (Å²) in [5.74, 6) is -0.605. The average molecular weight is 461 g/mol. The highest BCUT2D eigenvalue weighted by molar-refractivity contribution is 7.22. The van der Waals surface area contributed by atoms with Gasteiger partial charge in [0.2, 0.25) is 0 Å². The molecule has 0 saturated heterocycles. The Kier molecular flexibility index (Phi) is 5.85. The first-order valence-electron chi connectivity index (χ1n) is 9.96. The van der Waals surface area contributed by atoms with Gasteiger partial charge in [-0.3, -0.25) is 14.2 Å². The van der Waals surface area contributed by atoms with Gasteiger partial charge < -0.3 is 9.84 Å². The highest BCUT2D eigenvalue weighted by atomic mass is 32.1. The van der Waals surface area contributed by atoms with Gasteiger partial charge in [-0.15, -0.1) is 11.3 Å². The van der Waals surface area contributed by atoms with E-state index in [9.17, 15) is 24.8 Å². The minimum Gasteiger partial charge on any atom is -0.497 e. The van der Waals surface area contributed by atoms with Crippen molar-refractivity contribution < 1.29 is 14.6 Å². The van der Waals surface area contributed by atoms with Crippen LogP contribution in [0.4, 0.5) is 0 Å². The number of nitriles is 1. The Labute approximate surface area is 192 Å². The molecule has 166 valence electrons. The monoisotopic (exact) mass is 461 g/mol. The van der Waals surface area contributed by atoms with E-state index in [4.69, 9.17) is 4.74 Å². The van der Waals surface area contributed by atoms with Crippen molar-refractivity contribution in [3.05, 3.63) is 86.1 Å². The molecule has 0 aliphatic carbocycles. The Bertz CT molecular complexity index is 1540. The normalized spacial score (nSPS) is 10.8. The van der Waals surface area contributed by atoms with E-state index in [-0.39, 0.29) is 6.54 Å². The standard InChI is InChI=1S/C24H19N3O5S/c1-14-20-22(30)26(13-19(28)29)24(31)27(12-17-6-4-3-5-16(17)11-25)23(20)33-21(14)15-7-9-18(32-2)10-8-15/h3-10H,12-13H2,1-2H3,(H,28,29). The molecule has 0 spiro atoms. The zero-order valence-corrected chi connectivity index (χ0v) is 18.7. The number of hydrogen-bond donors (Lipinski definition) is 1. The zero-order chi connectivity index (χ0) is 23.7. The molecule has 0 bridgehead atoms. The molecule has 9 heteroatoms. The van der Waals surface area contributed by atoms with Crippen LogP contribution in [-0.4, -0.2) is 27.3 Å². The Balaban J connectivity index is 2.02. The van der Waals surface area contributed by atoms with Crippen molar-refractivity contribution in [1.82, 2.24) is 9.13 Å². The lowest BCUT2D eigenvalue weighted by atomic mass is 10.1. The van der Waals surface area contributed by atoms with E-state index in [0.29, 0.717) is 32.7 Å². The summed E-state index contributed by atoms with van der Waals surface area (Å²) in [7, 11) is 1.57. The number of thiophene rings is 1. The van der Waals surface area contributed by atoms with Crippen LogP contribution < -0.4 is 16.0 Å². The van der Waals surface area contributed by atoms with Crippen LogP contribution in [0.2, 0.25) is 0 Å². The van der Waals surface area contributed by atoms with E-state index in [0.717, 1.165) is 15.0 Å². The second-order valence-electron chi connectivity index (χ2n) is 7.39. The fraction of sp³-hybridized carbons (Fsp3) is 0.167. The summed E-state index contributed by atoms with van der Waals surface area (Å²) >= 11 is 1.28. The molecule has 4 rings (SSSR count). The Hall–Kier alpha value is -4.16. The molecule has 2 heterocycles. The summed E-state index contributed by atoms with van der Waals surface area (Å²) in [6.45, 7) is 1.06. The topological polar surface area (TPSA) is 114 Å². The number of aromatic nitrogens is 2. The molecule has 0 saturated carbocycles. The van der Waals surface area contributed by atoms with Crippen LogP contribution in [0.25, 0.3) is 20.7 Å². The smallest absolute Gasteiger partial charge is 0.332 e. The maximum atomic E-state index is 13.3. The molecule has 2 aromatic heterocycles. The number of fused-ring (bicyclic) bond motifs is 1. The third-order valence-corrected chi connectivity index (χ3v) is 6.77. The van der Waals surface area contributed by atoms with Crippen molar-refractivity contribution in [2.75, 3.05) is 7.11 Å². The summed E-state index contributed by atoms with van der Waals surface area (Å²) in [5, 5.41) is 19.0. The summed E-state index contributed by atoms with van der Waals surface area (Å²) in [5.41, 5.74) is 1.13. The van der Waals surface area contributed by atoms with Gasteiger partial charge >= 0.3 is 11.7 Å². The molecule has 0 aliphatic rings. The number of carboxylic acid groups (broad SMARTS) is 1. The molecule has 0 radical (unpaired) electrons. The maximum absolute atomic E-state index is 13.3. The number of rotatable bonds is 6. The summed E-state index contributed by atoms with van der Waals surface area (Å²) in [6, 6.07) is 16.3. The van der Waals surface area contributed by atoms with Gasteiger partial charge in [-0.2, -0.15) is 5.26 Å². The van der Waals surface area contributed by atoms with Gasteiger partial charge in [0, 0.05) is 4.88 Å². The number of carbonyl (C=O) groups is 1. The van der Waals surface area contributed by atoms with Gasteiger partial charge in [-0.05, 0) is 53.9 Å². The molecule has 1 N–H and O–H groups in total. The molecule has 0 fully saturated rings. The first kappa shape index (κ1) is 22.0. The molecular formula is C24H19N3O5S. The Morgan fingerprint density at radius 3 is 2.45 bits per heavy atom. The highest BCUT2D eigenvalue weighted by Gasteiger charge is 2.22. The van der Waals surface area contributed by atoms with Gasteiger partial charge in [0.05, 0.1) is 30.7 Å². The molecule has 0 aliphatic heterocycles. The highest BCUT2D eigenvalue weighted by Crippen LogP contribution is 2.37. The average Bonchev–Trinajstić information content (AvgIpc) is 3.16. The lowest BCUT2D eigenvalue weighted by Gasteiger charge is -2.12. The summed E-state index contributed by atoms with van der Waals surface area (Å²) in [4.78, 5) is 39.1. The Morgan fingerprint density at radius 2 is 1.82 bits per heavy atom. The molecule has 33 heavy (non-hydrogen) atoms. The molecule has 0 unspecified atom stereocenters. The fourth-order valence-electron chi connectivity index (χ4n) is 3.76. The van der Waals surface area contributed by atoms with Crippen molar-refractivity contribution >= 4 is 27.5 Å². The van der Waals surface area contributed by atoms with Crippen LogP contribution >= 0.6 is 11.3 Å². The molecule has 2 aromatic carbocycles. The summed E-state index contributed by atoms with van der Waals surface area (Å²) < 4.78 is 7.32. The van der Waals surface area contributed by atoms with Crippen molar-refractivity contribution in [3.63, 3.8) is 0 Å². The van der Waals surface area contributed by atoms with E-state index < -0.39 is 23.8 Å². The predicted molar refractivity (Wildman–Crippen MR) is 125 cm³/mol. The number of ether oxygens (including phenoxy) is 1. The van der Waals surface area contributed by atoms with Gasteiger partial charge in [-0.25, -0.2) is 9.36 Å². The van der Waals surface area contributed by atoms with E-state index >= 15 is 0 Å². The van der Waals surface area contributed by atoms with Crippen molar-refractivity contribution in [1.29, 1.82) is 5.26 Å². The number of nitrogens with zero attached hydrogens (tertiary/aromatic N) is 3. The first-order valence-corrected chi connectivity index (χ1v) is 10.8. The number of hydrogen-bond acceptors (Lipinski definition) is 6. The lowest BCUT2D eigenvalue weighted by molar-refractivity contribution is -0.137. The van der Waals surface area contributed by atoms with Crippen LogP contribution in [0.5, 0.6) is 5.75 Å². The molecule has 0 atom stereocenters.